The van der Waals surface area contributed by atoms with Crippen molar-refractivity contribution in [2.24, 2.45) is 0 Å². The average molecular weight is 480 g/mol. The number of alkyl halides is 3. The first-order valence-corrected chi connectivity index (χ1v) is 10.00. The molecule has 4 rings (SSSR count). The molecule has 0 amide bonds. The molecule has 0 saturated heterocycles. The number of nitrogens with one attached hydrogen (secondary N) is 2. The summed E-state index contributed by atoms with van der Waals surface area (Å²) in [6.45, 7) is 1.68. The highest BCUT2D eigenvalue weighted by Crippen LogP contribution is 2.38. The normalized spacial score (nSPS) is 15.9. The van der Waals surface area contributed by atoms with E-state index in [1.807, 2.05) is 0 Å². The van der Waals surface area contributed by atoms with E-state index in [2.05, 4.69) is 15.6 Å². The van der Waals surface area contributed by atoms with Crippen molar-refractivity contribution in [1.29, 1.82) is 0 Å². The second kappa shape index (κ2) is 8.45. The zero-order valence-electron chi connectivity index (χ0n) is 16.9. The number of aryl methyl sites for hydroxylation is 1. The number of carboxylic acid groups (broad SMARTS) is 1. The Kier molecular flexibility index (Phi) is 5.81. The van der Waals surface area contributed by atoms with Crippen molar-refractivity contribution in [2.45, 2.75) is 25.6 Å². The third kappa shape index (κ3) is 4.67. The van der Waals surface area contributed by atoms with Gasteiger partial charge < -0.3 is 25.6 Å². The number of aromatic carboxylic acids is 1. The number of rotatable bonds is 5. The molecule has 2 atom stereocenters. The number of halogens is 4. The summed E-state index contributed by atoms with van der Waals surface area (Å²) in [6.07, 6.45) is -8.10. The van der Waals surface area contributed by atoms with Crippen LogP contribution in [0.5, 0.6) is 5.75 Å². The number of anilines is 2. The van der Waals surface area contributed by atoms with Crippen LogP contribution in [-0.2, 0) is 0 Å². The molecule has 0 spiro atoms. The van der Waals surface area contributed by atoms with Gasteiger partial charge in [-0.1, -0.05) is 41.9 Å². The second-order valence-electron chi connectivity index (χ2n) is 7.35. The predicted molar refractivity (Wildman–Crippen MR) is 115 cm³/mol. The number of aliphatic hydroxyl groups excluding tert-OH is 1. The molecule has 1 aromatic heterocycles. The SMILES string of the molecule is Cc1ccc(OC2Nc3cc(Cl)c(-c4ccc(C(O)C(F)(F)F)cc4)nc3N2)cc1C(=O)O. The van der Waals surface area contributed by atoms with Gasteiger partial charge in [0, 0.05) is 5.56 Å². The summed E-state index contributed by atoms with van der Waals surface area (Å²) in [5.41, 5.74) is 1.72. The van der Waals surface area contributed by atoms with Gasteiger partial charge in [-0.25, -0.2) is 9.78 Å². The summed E-state index contributed by atoms with van der Waals surface area (Å²) in [7, 11) is 0. The topological polar surface area (TPSA) is 104 Å². The quantitative estimate of drug-likeness (QED) is 0.398. The van der Waals surface area contributed by atoms with E-state index in [-0.39, 0.29) is 16.1 Å². The maximum atomic E-state index is 12.7. The number of aliphatic hydroxyl groups is 1. The molecule has 1 aliphatic rings. The largest absolute Gasteiger partial charge is 0.478 e. The standard InChI is InChI=1S/C22H17ClF3N3O4/c1-10-2-7-13(8-14(10)20(31)32)33-21-27-16-9-15(23)17(28-19(16)29-21)11-3-5-12(6-4-11)18(30)22(24,25)26/h2-9,18,21,27,30H,1H3,(H,28,29)(H,31,32). The fourth-order valence-electron chi connectivity index (χ4n) is 3.32. The van der Waals surface area contributed by atoms with Crippen LogP contribution < -0.4 is 15.4 Å². The molecule has 1 aliphatic heterocycles. The molecule has 2 aromatic carbocycles. The zero-order chi connectivity index (χ0) is 23.9. The Morgan fingerprint density at radius 1 is 1.15 bits per heavy atom. The molecule has 0 saturated carbocycles. The Labute approximate surface area is 190 Å². The van der Waals surface area contributed by atoms with Crippen molar-refractivity contribution in [3.05, 3.63) is 70.2 Å². The van der Waals surface area contributed by atoms with Crippen LogP contribution in [0.15, 0.2) is 48.5 Å². The summed E-state index contributed by atoms with van der Waals surface area (Å²) in [5.74, 6) is -0.356. The molecule has 0 fully saturated rings. The van der Waals surface area contributed by atoms with Gasteiger partial charge in [0.05, 0.1) is 22.0 Å². The van der Waals surface area contributed by atoms with E-state index in [1.54, 1.807) is 25.1 Å². The van der Waals surface area contributed by atoms with Crippen LogP contribution in [0.4, 0.5) is 24.7 Å². The van der Waals surface area contributed by atoms with Gasteiger partial charge in [0.25, 0.3) is 0 Å². The highest BCUT2D eigenvalue weighted by atomic mass is 35.5. The number of ether oxygens (including phenoxy) is 1. The Morgan fingerprint density at radius 3 is 2.48 bits per heavy atom. The highest BCUT2D eigenvalue weighted by molar-refractivity contribution is 6.33. The van der Waals surface area contributed by atoms with Gasteiger partial charge in [0.1, 0.15) is 5.75 Å². The van der Waals surface area contributed by atoms with E-state index in [1.165, 1.54) is 18.2 Å². The van der Waals surface area contributed by atoms with Gasteiger partial charge in [0.2, 0.25) is 6.35 Å². The smallest absolute Gasteiger partial charge is 0.418 e. The fourth-order valence-corrected chi connectivity index (χ4v) is 3.59. The molecule has 172 valence electrons. The van der Waals surface area contributed by atoms with Crippen LogP contribution in [0, 0.1) is 6.92 Å². The van der Waals surface area contributed by atoms with E-state index in [0.29, 0.717) is 34.1 Å². The van der Waals surface area contributed by atoms with Crippen LogP contribution in [0.3, 0.4) is 0 Å². The molecular formula is C22H17ClF3N3O4. The molecule has 11 heteroatoms. The molecule has 7 nitrogen and oxygen atoms in total. The number of carbonyl (C=O) groups is 1. The predicted octanol–water partition coefficient (Wildman–Crippen LogP) is 5.20. The molecule has 33 heavy (non-hydrogen) atoms. The molecule has 3 aromatic rings. The lowest BCUT2D eigenvalue weighted by atomic mass is 10.0. The Hall–Kier alpha value is -3.50. The Morgan fingerprint density at radius 2 is 1.85 bits per heavy atom. The maximum Gasteiger partial charge on any atom is 0.418 e. The van der Waals surface area contributed by atoms with Gasteiger partial charge in [-0.2, -0.15) is 13.2 Å². The minimum absolute atomic E-state index is 0.116. The minimum atomic E-state index is -4.77. The third-order valence-electron chi connectivity index (χ3n) is 5.03. The monoisotopic (exact) mass is 479 g/mol. The van der Waals surface area contributed by atoms with Gasteiger partial charge in [-0.05, 0) is 36.2 Å². The third-order valence-corrected chi connectivity index (χ3v) is 5.32. The van der Waals surface area contributed by atoms with E-state index in [4.69, 9.17) is 16.3 Å². The van der Waals surface area contributed by atoms with E-state index < -0.39 is 24.6 Å². The van der Waals surface area contributed by atoms with Crippen LogP contribution in [-0.4, -0.2) is 33.7 Å². The number of carboxylic acids is 1. The number of fused-ring (bicyclic) bond motifs is 1. The zero-order valence-corrected chi connectivity index (χ0v) is 17.7. The fraction of sp³-hybridized carbons (Fsp3) is 0.182. The van der Waals surface area contributed by atoms with E-state index in [0.717, 1.165) is 12.1 Å². The van der Waals surface area contributed by atoms with E-state index >= 15 is 0 Å². The van der Waals surface area contributed by atoms with Crippen LogP contribution >= 0.6 is 11.6 Å². The summed E-state index contributed by atoms with van der Waals surface area (Å²) < 4.78 is 43.9. The number of nitrogens with zero attached hydrogens (tertiary/aromatic N) is 1. The first-order chi connectivity index (χ1) is 15.5. The number of benzene rings is 2. The summed E-state index contributed by atoms with van der Waals surface area (Å²) >= 11 is 6.33. The average Bonchev–Trinajstić information content (AvgIpc) is 3.14. The summed E-state index contributed by atoms with van der Waals surface area (Å²) in [6, 6.07) is 11.4. The van der Waals surface area contributed by atoms with Crippen molar-refractivity contribution in [2.75, 3.05) is 10.6 Å². The number of aromatic nitrogens is 1. The van der Waals surface area contributed by atoms with Gasteiger partial charge in [0.15, 0.2) is 11.9 Å². The van der Waals surface area contributed by atoms with Crippen molar-refractivity contribution >= 4 is 29.1 Å². The van der Waals surface area contributed by atoms with Gasteiger partial charge in [-0.15, -0.1) is 0 Å². The Balaban J connectivity index is 1.53. The molecule has 2 heterocycles. The minimum Gasteiger partial charge on any atom is -0.478 e. The Bertz CT molecular complexity index is 1220. The van der Waals surface area contributed by atoms with Gasteiger partial charge in [-0.3, -0.25) is 0 Å². The van der Waals surface area contributed by atoms with E-state index in [9.17, 15) is 28.2 Å². The van der Waals surface area contributed by atoms with Crippen LogP contribution in [0.1, 0.15) is 27.6 Å². The molecule has 2 unspecified atom stereocenters. The summed E-state index contributed by atoms with van der Waals surface area (Å²) in [5, 5.41) is 24.9. The summed E-state index contributed by atoms with van der Waals surface area (Å²) in [4.78, 5) is 15.8. The first-order valence-electron chi connectivity index (χ1n) is 9.62. The number of hydrogen-bond acceptors (Lipinski definition) is 6. The first kappa shape index (κ1) is 22.7. The van der Waals surface area contributed by atoms with Gasteiger partial charge >= 0.3 is 12.1 Å². The van der Waals surface area contributed by atoms with Crippen molar-refractivity contribution < 1.29 is 32.9 Å². The van der Waals surface area contributed by atoms with Crippen molar-refractivity contribution in [3.8, 4) is 17.0 Å². The van der Waals surface area contributed by atoms with Crippen molar-refractivity contribution in [1.82, 2.24) is 4.98 Å². The lowest BCUT2D eigenvalue weighted by Crippen LogP contribution is -2.29. The molecule has 0 radical (unpaired) electrons. The lowest BCUT2D eigenvalue weighted by Gasteiger charge is -2.15. The second-order valence-corrected chi connectivity index (χ2v) is 7.76. The number of pyridine rings is 1. The van der Waals surface area contributed by atoms with Crippen LogP contribution in [0.25, 0.3) is 11.3 Å². The van der Waals surface area contributed by atoms with Crippen LogP contribution in [0.2, 0.25) is 5.02 Å². The molecule has 4 N–H and O–H groups in total. The molecular weight excluding hydrogens is 463 g/mol. The maximum absolute atomic E-state index is 12.7. The van der Waals surface area contributed by atoms with Crippen molar-refractivity contribution in [3.63, 3.8) is 0 Å². The number of hydrogen-bond donors (Lipinski definition) is 4. The lowest BCUT2D eigenvalue weighted by molar-refractivity contribution is -0.206. The highest BCUT2D eigenvalue weighted by Gasteiger charge is 2.39. The molecule has 0 aliphatic carbocycles. The molecule has 0 bridgehead atoms.